The van der Waals surface area contributed by atoms with Gasteiger partial charge in [0.2, 0.25) is 0 Å². The van der Waals surface area contributed by atoms with Crippen molar-refractivity contribution in [2.45, 2.75) is 26.3 Å². The van der Waals surface area contributed by atoms with E-state index in [1.54, 1.807) is 18.3 Å². The molecule has 0 saturated heterocycles. The lowest BCUT2D eigenvalue weighted by Gasteiger charge is -2.09. The Kier molecular flexibility index (Phi) is 4.37. The molecule has 4 nitrogen and oxygen atoms in total. The van der Waals surface area contributed by atoms with Crippen molar-refractivity contribution in [1.29, 1.82) is 0 Å². The first-order valence-electron chi connectivity index (χ1n) is 7.61. The minimum Gasteiger partial charge on any atom is -0.366 e. The number of benzene rings is 1. The minimum atomic E-state index is -0.227. The summed E-state index contributed by atoms with van der Waals surface area (Å²) in [7, 11) is 0. The lowest BCUT2D eigenvalue weighted by Crippen LogP contribution is -2.01. The molecule has 3 rings (SSSR count). The van der Waals surface area contributed by atoms with Crippen LogP contribution in [0.15, 0.2) is 48.8 Å². The molecule has 0 saturated carbocycles. The maximum atomic E-state index is 12.9. The lowest BCUT2D eigenvalue weighted by molar-refractivity contribution is 0.627. The van der Waals surface area contributed by atoms with Crippen LogP contribution in [-0.2, 0) is 6.54 Å². The quantitative estimate of drug-likeness (QED) is 0.737. The minimum absolute atomic E-state index is 0.227. The average molecular weight is 310 g/mol. The Bertz CT molecular complexity index is 778. The fraction of sp³-hybridized carbons (Fsp3) is 0.222. The molecule has 2 heterocycles. The van der Waals surface area contributed by atoms with Crippen LogP contribution >= 0.6 is 0 Å². The van der Waals surface area contributed by atoms with Crippen LogP contribution < -0.4 is 5.32 Å². The first-order chi connectivity index (χ1) is 11.1. The topological polar surface area (TPSA) is 53.6 Å². The molecule has 1 aromatic carbocycles. The highest BCUT2D eigenvalue weighted by atomic mass is 19.1. The number of H-pyrrole nitrogens is 1. The summed E-state index contributed by atoms with van der Waals surface area (Å²) in [6.07, 6.45) is 3.62. The maximum absolute atomic E-state index is 12.9. The summed E-state index contributed by atoms with van der Waals surface area (Å²) in [5.74, 6) is 0.925. The van der Waals surface area contributed by atoms with Crippen LogP contribution in [0.25, 0.3) is 11.1 Å². The maximum Gasteiger partial charge on any atom is 0.126 e. The van der Waals surface area contributed by atoms with E-state index >= 15 is 0 Å². The van der Waals surface area contributed by atoms with Crippen molar-refractivity contribution >= 4 is 5.82 Å². The first kappa shape index (κ1) is 15.2. The Morgan fingerprint density at radius 3 is 2.70 bits per heavy atom. The van der Waals surface area contributed by atoms with Gasteiger partial charge in [0.25, 0.3) is 0 Å². The molecule has 0 radical (unpaired) electrons. The Balaban J connectivity index is 1.77. The lowest BCUT2D eigenvalue weighted by atomic mass is 10.0. The van der Waals surface area contributed by atoms with Crippen molar-refractivity contribution in [3.05, 3.63) is 65.9 Å². The van der Waals surface area contributed by atoms with Crippen molar-refractivity contribution in [2.24, 2.45) is 0 Å². The van der Waals surface area contributed by atoms with Crippen LogP contribution in [0.1, 0.15) is 31.0 Å². The third-order valence-corrected chi connectivity index (χ3v) is 3.70. The van der Waals surface area contributed by atoms with Crippen molar-refractivity contribution in [1.82, 2.24) is 15.2 Å². The molecule has 2 N–H and O–H groups in total. The Labute approximate surface area is 134 Å². The van der Waals surface area contributed by atoms with E-state index in [0.29, 0.717) is 12.5 Å². The van der Waals surface area contributed by atoms with E-state index in [4.69, 9.17) is 0 Å². The van der Waals surface area contributed by atoms with E-state index in [1.807, 2.05) is 18.3 Å². The number of hydrogen-bond acceptors (Lipinski definition) is 3. The number of rotatable bonds is 5. The Hall–Kier alpha value is -2.69. The molecule has 5 heteroatoms. The molecule has 0 atom stereocenters. The van der Waals surface area contributed by atoms with Gasteiger partial charge < -0.3 is 5.32 Å². The highest BCUT2D eigenvalue weighted by Crippen LogP contribution is 2.28. The summed E-state index contributed by atoms with van der Waals surface area (Å²) in [4.78, 5) is 4.34. The molecule has 0 bridgehead atoms. The number of hydrogen-bond donors (Lipinski definition) is 2. The molecule has 0 amide bonds. The van der Waals surface area contributed by atoms with Crippen LogP contribution in [0.4, 0.5) is 10.2 Å². The molecule has 3 aromatic rings. The number of halogens is 1. The van der Waals surface area contributed by atoms with Crippen molar-refractivity contribution in [3.63, 3.8) is 0 Å². The highest BCUT2D eigenvalue weighted by molar-refractivity contribution is 5.68. The Morgan fingerprint density at radius 1 is 1.17 bits per heavy atom. The molecule has 0 fully saturated rings. The Morgan fingerprint density at radius 2 is 1.96 bits per heavy atom. The number of pyridine rings is 1. The highest BCUT2D eigenvalue weighted by Gasteiger charge is 2.11. The summed E-state index contributed by atoms with van der Waals surface area (Å²) in [6, 6.07) is 10.4. The number of aromatic amines is 1. The van der Waals surface area contributed by atoms with Gasteiger partial charge in [-0.25, -0.2) is 9.37 Å². The van der Waals surface area contributed by atoms with Gasteiger partial charge in [-0.2, -0.15) is 5.10 Å². The fourth-order valence-electron chi connectivity index (χ4n) is 2.46. The largest absolute Gasteiger partial charge is 0.366 e. The number of nitrogens with one attached hydrogen (secondary N) is 2. The second-order valence-corrected chi connectivity index (χ2v) is 5.76. The van der Waals surface area contributed by atoms with E-state index in [2.05, 4.69) is 34.3 Å². The molecular weight excluding hydrogens is 291 g/mol. The van der Waals surface area contributed by atoms with Gasteiger partial charge in [0.1, 0.15) is 11.6 Å². The summed E-state index contributed by atoms with van der Waals surface area (Å²) in [6.45, 7) is 4.86. The predicted octanol–water partition coefficient (Wildman–Crippen LogP) is 4.35. The monoisotopic (exact) mass is 310 g/mol. The summed E-state index contributed by atoms with van der Waals surface area (Å²) < 4.78 is 12.9. The summed E-state index contributed by atoms with van der Waals surface area (Å²) >= 11 is 0. The van der Waals surface area contributed by atoms with Gasteiger partial charge in [-0.1, -0.05) is 26.0 Å². The molecule has 118 valence electrons. The van der Waals surface area contributed by atoms with E-state index in [0.717, 1.165) is 28.2 Å². The molecule has 0 spiro atoms. The van der Waals surface area contributed by atoms with E-state index in [1.165, 1.54) is 12.1 Å². The number of aromatic nitrogens is 3. The van der Waals surface area contributed by atoms with Gasteiger partial charge in [0.05, 0.1) is 6.20 Å². The SMILES string of the molecule is CC(C)c1[nH]ncc1-c1ccnc(NCc2ccc(F)cc2)c1. The third kappa shape index (κ3) is 3.56. The average Bonchev–Trinajstić information content (AvgIpc) is 3.05. The third-order valence-electron chi connectivity index (χ3n) is 3.70. The number of nitrogens with zero attached hydrogens (tertiary/aromatic N) is 2. The molecule has 0 aliphatic rings. The van der Waals surface area contributed by atoms with Gasteiger partial charge in [-0.3, -0.25) is 5.10 Å². The standard InChI is InChI=1S/C18H19FN4/c1-12(2)18-16(11-22-23-18)14-7-8-20-17(9-14)21-10-13-3-5-15(19)6-4-13/h3-9,11-12H,10H2,1-2H3,(H,20,21)(H,22,23). The predicted molar refractivity (Wildman–Crippen MR) is 89.6 cm³/mol. The van der Waals surface area contributed by atoms with Crippen LogP contribution in [0.2, 0.25) is 0 Å². The van der Waals surface area contributed by atoms with Crippen LogP contribution in [0.3, 0.4) is 0 Å². The van der Waals surface area contributed by atoms with E-state index in [-0.39, 0.29) is 5.82 Å². The molecule has 0 unspecified atom stereocenters. The van der Waals surface area contributed by atoms with Crippen LogP contribution in [-0.4, -0.2) is 15.2 Å². The van der Waals surface area contributed by atoms with Gasteiger partial charge in [-0.15, -0.1) is 0 Å². The van der Waals surface area contributed by atoms with Crippen molar-refractivity contribution in [3.8, 4) is 11.1 Å². The zero-order valence-electron chi connectivity index (χ0n) is 13.2. The van der Waals surface area contributed by atoms with Gasteiger partial charge in [0.15, 0.2) is 0 Å². The van der Waals surface area contributed by atoms with Gasteiger partial charge in [0, 0.05) is 24.0 Å². The van der Waals surface area contributed by atoms with E-state index < -0.39 is 0 Å². The van der Waals surface area contributed by atoms with Crippen molar-refractivity contribution in [2.75, 3.05) is 5.32 Å². The van der Waals surface area contributed by atoms with Gasteiger partial charge >= 0.3 is 0 Å². The summed E-state index contributed by atoms with van der Waals surface area (Å²) in [5.41, 5.74) is 4.27. The molecule has 0 aliphatic carbocycles. The van der Waals surface area contributed by atoms with Crippen LogP contribution in [0, 0.1) is 5.82 Å². The zero-order chi connectivity index (χ0) is 16.2. The second kappa shape index (κ2) is 6.60. The van der Waals surface area contributed by atoms with E-state index in [9.17, 15) is 4.39 Å². The molecule has 23 heavy (non-hydrogen) atoms. The van der Waals surface area contributed by atoms with Crippen molar-refractivity contribution < 1.29 is 4.39 Å². The normalized spacial score (nSPS) is 11.0. The fourth-order valence-corrected chi connectivity index (χ4v) is 2.46. The van der Waals surface area contributed by atoms with Gasteiger partial charge in [-0.05, 0) is 41.3 Å². The smallest absolute Gasteiger partial charge is 0.126 e. The zero-order valence-corrected chi connectivity index (χ0v) is 13.2. The molecule has 0 aliphatic heterocycles. The second-order valence-electron chi connectivity index (χ2n) is 5.76. The van der Waals surface area contributed by atoms with Crippen LogP contribution in [0.5, 0.6) is 0 Å². The first-order valence-corrected chi connectivity index (χ1v) is 7.61. The number of anilines is 1. The molecular formula is C18H19FN4. The summed E-state index contributed by atoms with van der Waals surface area (Å²) in [5, 5.41) is 10.5. The molecule has 2 aromatic heterocycles.